The molecule has 0 amide bonds. The van der Waals surface area contributed by atoms with Gasteiger partial charge in [0, 0.05) is 31.3 Å². The zero-order valence-corrected chi connectivity index (χ0v) is 26.5. The largest absolute Gasteiger partial charge is 0.385 e. The van der Waals surface area contributed by atoms with Crippen LogP contribution in [0.1, 0.15) is 150 Å². The van der Waals surface area contributed by atoms with Gasteiger partial charge >= 0.3 is 0 Å². The van der Waals surface area contributed by atoms with Crippen molar-refractivity contribution in [3.05, 3.63) is 12.2 Å². The van der Waals surface area contributed by atoms with Gasteiger partial charge in [-0.3, -0.25) is 9.59 Å². The summed E-state index contributed by atoms with van der Waals surface area (Å²) >= 11 is 0. The van der Waals surface area contributed by atoms with E-state index in [4.69, 9.17) is 9.47 Å². The Labute approximate surface area is 246 Å². The molecule has 0 spiro atoms. The molecule has 1 N–H and O–H groups in total. The van der Waals surface area contributed by atoms with Crippen LogP contribution >= 0.6 is 0 Å². The number of Topliss-reactive ketones (excluding diaryl/α,β-unsaturated/α-hetero) is 2. The molecular weight excluding hydrogens is 500 g/mol. The van der Waals surface area contributed by atoms with Crippen molar-refractivity contribution in [2.75, 3.05) is 6.61 Å². The van der Waals surface area contributed by atoms with Gasteiger partial charge in [0.25, 0.3) is 0 Å². The van der Waals surface area contributed by atoms with Crippen molar-refractivity contribution in [2.45, 2.75) is 174 Å². The standard InChI is InChI=1S/C35H62O5/c1-6-17-30-23-26(2)22-29(5)35(38)33(37)25-31-24-28(4)34(40-31)20-15-14-18-27(3)32(36)19-13-11-9-7-8-10-12-16-21-39-30/h27-31,33-34,37H,2,6-25H2,1,3-5H3/t27-,28-,29+,30+,31+,33+,34-/m0/s1. The second-order valence-corrected chi connectivity index (χ2v) is 13.2. The summed E-state index contributed by atoms with van der Waals surface area (Å²) in [5.41, 5.74) is 1.04. The number of rotatable bonds is 2. The molecule has 0 unspecified atom stereocenters. The maximum Gasteiger partial charge on any atom is 0.164 e. The Morgan fingerprint density at radius 3 is 2.17 bits per heavy atom. The minimum absolute atomic E-state index is 0.0657. The molecule has 7 atom stereocenters. The van der Waals surface area contributed by atoms with E-state index < -0.39 is 6.10 Å². The number of carbonyl (C=O) groups excluding carboxylic acids is 2. The molecule has 2 fully saturated rings. The number of hydrogen-bond acceptors (Lipinski definition) is 5. The van der Waals surface area contributed by atoms with E-state index >= 15 is 0 Å². The second kappa shape index (κ2) is 20.0. The van der Waals surface area contributed by atoms with Crippen molar-refractivity contribution in [3.8, 4) is 0 Å². The lowest BCUT2D eigenvalue weighted by atomic mass is 9.89. The molecule has 5 heteroatoms. The van der Waals surface area contributed by atoms with Gasteiger partial charge in [-0.1, -0.05) is 97.6 Å². The van der Waals surface area contributed by atoms with Crippen molar-refractivity contribution in [1.82, 2.24) is 0 Å². The molecule has 0 radical (unpaired) electrons. The monoisotopic (exact) mass is 562 g/mol. The Morgan fingerprint density at radius 1 is 0.825 bits per heavy atom. The molecule has 0 aromatic rings. The first-order valence-corrected chi connectivity index (χ1v) is 16.9. The van der Waals surface area contributed by atoms with Crippen LogP contribution in [0.5, 0.6) is 0 Å². The maximum absolute atomic E-state index is 13.0. The lowest BCUT2D eigenvalue weighted by Crippen LogP contribution is -2.31. The SMILES string of the molecule is C=C1C[C@@H](CCC)OCCCCCCCCCCC(=O)[C@@H](C)CCCC[C@@H]2O[C@@H](C[C@@H](O)C(=O)[C@H](C)C1)C[C@@H]2C. The Bertz CT molecular complexity index is 733. The van der Waals surface area contributed by atoms with Crippen LogP contribution in [0.2, 0.25) is 0 Å². The molecule has 2 heterocycles. The highest BCUT2D eigenvalue weighted by molar-refractivity contribution is 5.85. The van der Waals surface area contributed by atoms with Gasteiger partial charge in [0.05, 0.1) is 18.3 Å². The van der Waals surface area contributed by atoms with Crippen LogP contribution in [0, 0.1) is 17.8 Å². The first-order valence-electron chi connectivity index (χ1n) is 16.9. The molecule has 40 heavy (non-hydrogen) atoms. The Kier molecular flexibility index (Phi) is 17.6. The number of fused-ring (bicyclic) bond motifs is 2. The van der Waals surface area contributed by atoms with Crippen LogP contribution in [0.4, 0.5) is 0 Å². The van der Waals surface area contributed by atoms with Crippen LogP contribution in [0.15, 0.2) is 12.2 Å². The van der Waals surface area contributed by atoms with Crippen LogP contribution in [0.25, 0.3) is 0 Å². The minimum atomic E-state index is -0.986. The normalized spacial score (nSPS) is 34.7. The van der Waals surface area contributed by atoms with Crippen molar-refractivity contribution in [3.63, 3.8) is 0 Å². The minimum Gasteiger partial charge on any atom is -0.385 e. The van der Waals surface area contributed by atoms with Gasteiger partial charge in [-0.15, -0.1) is 0 Å². The summed E-state index contributed by atoms with van der Waals surface area (Å²) in [5.74, 6) is 0.656. The fourth-order valence-electron chi connectivity index (χ4n) is 6.62. The zero-order valence-electron chi connectivity index (χ0n) is 26.5. The average molecular weight is 563 g/mol. The van der Waals surface area contributed by atoms with Gasteiger partial charge in [0.15, 0.2) is 5.78 Å². The average Bonchev–Trinajstić information content (AvgIpc) is 3.26. The fraction of sp³-hybridized carbons (Fsp3) is 0.886. The van der Waals surface area contributed by atoms with Crippen molar-refractivity contribution < 1.29 is 24.2 Å². The lowest BCUT2D eigenvalue weighted by molar-refractivity contribution is -0.132. The van der Waals surface area contributed by atoms with Gasteiger partial charge in [-0.25, -0.2) is 0 Å². The molecule has 5 nitrogen and oxygen atoms in total. The van der Waals surface area contributed by atoms with E-state index in [1.54, 1.807) is 0 Å². The predicted octanol–water partition coefficient (Wildman–Crippen LogP) is 8.55. The smallest absolute Gasteiger partial charge is 0.164 e. The van der Waals surface area contributed by atoms with E-state index in [1.165, 1.54) is 38.5 Å². The summed E-state index contributed by atoms with van der Waals surface area (Å²) in [6.45, 7) is 13.5. The van der Waals surface area contributed by atoms with E-state index in [9.17, 15) is 14.7 Å². The molecule has 232 valence electrons. The Hall–Kier alpha value is -1.04. The molecule has 0 aromatic carbocycles. The predicted molar refractivity (Wildman–Crippen MR) is 164 cm³/mol. The number of hydrogen-bond donors (Lipinski definition) is 1. The zero-order chi connectivity index (χ0) is 29.3. The highest BCUT2D eigenvalue weighted by Gasteiger charge is 2.35. The summed E-state index contributed by atoms with van der Waals surface area (Å²) in [6.07, 6.45) is 18.3. The van der Waals surface area contributed by atoms with Crippen LogP contribution in [-0.2, 0) is 19.1 Å². The number of carbonyl (C=O) groups is 2. The van der Waals surface area contributed by atoms with Gasteiger partial charge < -0.3 is 14.6 Å². The molecule has 0 saturated carbocycles. The van der Waals surface area contributed by atoms with Crippen LogP contribution in [-0.4, -0.2) is 47.7 Å². The first kappa shape index (κ1) is 35.2. The Morgan fingerprint density at radius 2 is 1.48 bits per heavy atom. The summed E-state index contributed by atoms with van der Waals surface area (Å²) in [7, 11) is 0. The molecule has 0 aliphatic carbocycles. The topological polar surface area (TPSA) is 72.8 Å². The highest BCUT2D eigenvalue weighted by atomic mass is 16.5. The third-order valence-corrected chi connectivity index (χ3v) is 9.26. The molecule has 2 rings (SSSR count). The van der Waals surface area contributed by atoms with E-state index in [0.717, 1.165) is 82.8 Å². The van der Waals surface area contributed by atoms with E-state index in [1.807, 2.05) is 6.92 Å². The molecular formula is C35H62O5. The van der Waals surface area contributed by atoms with Crippen molar-refractivity contribution in [2.24, 2.45) is 17.8 Å². The molecule has 0 aromatic heterocycles. The quantitative estimate of drug-likeness (QED) is 0.341. The maximum atomic E-state index is 13.0. The summed E-state index contributed by atoms with van der Waals surface area (Å²) < 4.78 is 12.5. The fourth-order valence-corrected chi connectivity index (χ4v) is 6.62. The first-order chi connectivity index (χ1) is 19.2. The highest BCUT2D eigenvalue weighted by Crippen LogP contribution is 2.33. The van der Waals surface area contributed by atoms with Gasteiger partial charge in [0.2, 0.25) is 0 Å². The van der Waals surface area contributed by atoms with Crippen LogP contribution < -0.4 is 0 Å². The summed E-state index contributed by atoms with van der Waals surface area (Å²) in [5, 5.41) is 10.8. The molecule has 2 bridgehead atoms. The van der Waals surface area contributed by atoms with E-state index in [-0.39, 0.29) is 35.9 Å². The lowest BCUT2D eigenvalue weighted by Gasteiger charge is -2.22. The number of aliphatic hydroxyl groups excluding tert-OH is 1. The summed E-state index contributed by atoms with van der Waals surface area (Å²) in [4.78, 5) is 25.6. The number of ketones is 2. The molecule has 2 saturated heterocycles. The van der Waals surface area contributed by atoms with Gasteiger partial charge in [-0.2, -0.15) is 0 Å². The van der Waals surface area contributed by atoms with Crippen LogP contribution in [0.3, 0.4) is 0 Å². The van der Waals surface area contributed by atoms with Crippen molar-refractivity contribution >= 4 is 11.6 Å². The summed E-state index contributed by atoms with van der Waals surface area (Å²) in [6, 6.07) is 0. The van der Waals surface area contributed by atoms with Crippen molar-refractivity contribution in [1.29, 1.82) is 0 Å². The number of aliphatic hydroxyl groups is 1. The van der Waals surface area contributed by atoms with Gasteiger partial charge in [0.1, 0.15) is 11.9 Å². The molecule has 2 aliphatic heterocycles. The third-order valence-electron chi connectivity index (χ3n) is 9.26. The van der Waals surface area contributed by atoms with Gasteiger partial charge in [-0.05, 0) is 57.3 Å². The second-order valence-electron chi connectivity index (χ2n) is 13.2. The van der Waals surface area contributed by atoms with E-state index in [2.05, 4.69) is 27.4 Å². The van der Waals surface area contributed by atoms with E-state index in [0.29, 0.717) is 24.5 Å². The third kappa shape index (κ3) is 13.7. The number of ether oxygens (including phenoxy) is 2. The Balaban J connectivity index is 1.91. The molecule has 2 aliphatic rings.